The van der Waals surface area contributed by atoms with Gasteiger partial charge in [0.05, 0.1) is 0 Å². The largest absolute Gasteiger partial charge is 0.147 e. The molecule has 0 N–H and O–H groups in total. The zero-order chi connectivity index (χ0) is 6.53. The first-order valence-electron chi connectivity index (χ1n) is 3.18. The van der Waals surface area contributed by atoms with Crippen LogP contribution in [0, 0.1) is 0 Å². The molecule has 0 radical (unpaired) electrons. The molecule has 0 fully saturated rings. The van der Waals surface area contributed by atoms with Crippen molar-refractivity contribution in [3.8, 4) is 0 Å². The number of unbranched alkanes of at least 4 members (excludes halogenated alkanes) is 1. The van der Waals surface area contributed by atoms with Crippen LogP contribution in [-0.4, -0.2) is 10.2 Å². The highest BCUT2D eigenvalue weighted by Gasteiger charge is 1.92. The van der Waals surface area contributed by atoms with Gasteiger partial charge in [0.2, 0.25) is 0 Å². The lowest BCUT2D eigenvalue weighted by Crippen LogP contribution is -1.81. The Hall–Kier alpha value is -0.440. The molecule has 0 saturated heterocycles. The molecule has 0 aliphatic heterocycles. The summed E-state index contributed by atoms with van der Waals surface area (Å²) >= 11 is 1.64. The van der Waals surface area contributed by atoms with Crippen LogP contribution < -0.4 is 0 Å². The van der Waals surface area contributed by atoms with Crippen LogP contribution in [0.3, 0.4) is 0 Å². The van der Waals surface area contributed by atoms with Gasteiger partial charge in [0.15, 0.2) is 0 Å². The van der Waals surface area contributed by atoms with Gasteiger partial charge in [-0.05, 0) is 6.42 Å². The van der Waals surface area contributed by atoms with Crippen molar-refractivity contribution in [1.29, 1.82) is 0 Å². The highest BCUT2D eigenvalue weighted by molar-refractivity contribution is 7.09. The van der Waals surface area contributed by atoms with E-state index < -0.39 is 0 Å². The number of hydrogen-bond acceptors (Lipinski definition) is 3. The molecular formula is C6H10N2S. The Morgan fingerprint density at radius 3 is 3.11 bits per heavy atom. The Kier molecular flexibility index (Phi) is 2.64. The molecule has 9 heavy (non-hydrogen) atoms. The summed E-state index contributed by atoms with van der Waals surface area (Å²) in [6.07, 6.45) is 3.57. The average molecular weight is 142 g/mol. The number of rotatable bonds is 3. The van der Waals surface area contributed by atoms with Crippen LogP contribution in [0.2, 0.25) is 0 Å². The van der Waals surface area contributed by atoms with E-state index in [2.05, 4.69) is 17.1 Å². The van der Waals surface area contributed by atoms with Gasteiger partial charge in [-0.3, -0.25) is 0 Å². The van der Waals surface area contributed by atoms with Crippen LogP contribution in [0.4, 0.5) is 0 Å². The van der Waals surface area contributed by atoms with Gasteiger partial charge >= 0.3 is 0 Å². The van der Waals surface area contributed by atoms with Crippen molar-refractivity contribution < 1.29 is 0 Å². The van der Waals surface area contributed by atoms with Crippen molar-refractivity contribution in [1.82, 2.24) is 10.2 Å². The van der Waals surface area contributed by atoms with Crippen LogP contribution in [0.1, 0.15) is 24.8 Å². The summed E-state index contributed by atoms with van der Waals surface area (Å²) in [6.45, 7) is 2.18. The van der Waals surface area contributed by atoms with Crippen LogP contribution in [-0.2, 0) is 6.42 Å². The van der Waals surface area contributed by atoms with Crippen LogP contribution in [0.15, 0.2) is 5.51 Å². The summed E-state index contributed by atoms with van der Waals surface area (Å²) in [5, 5.41) is 8.83. The third-order valence-corrected chi connectivity index (χ3v) is 1.91. The first-order chi connectivity index (χ1) is 4.43. The van der Waals surface area contributed by atoms with Crippen molar-refractivity contribution in [3.05, 3.63) is 10.5 Å². The van der Waals surface area contributed by atoms with E-state index in [1.165, 1.54) is 12.8 Å². The monoisotopic (exact) mass is 142 g/mol. The molecule has 3 heteroatoms. The molecule has 1 heterocycles. The second-order valence-corrected chi connectivity index (χ2v) is 2.85. The van der Waals surface area contributed by atoms with Crippen LogP contribution in [0.5, 0.6) is 0 Å². The highest BCUT2D eigenvalue weighted by atomic mass is 32.1. The summed E-state index contributed by atoms with van der Waals surface area (Å²) in [6, 6.07) is 0. The lowest BCUT2D eigenvalue weighted by Gasteiger charge is -1.87. The molecule has 50 valence electrons. The Labute approximate surface area is 58.9 Å². The van der Waals surface area contributed by atoms with Gasteiger partial charge in [0.25, 0.3) is 0 Å². The van der Waals surface area contributed by atoms with Crippen molar-refractivity contribution in [2.45, 2.75) is 26.2 Å². The molecular weight excluding hydrogens is 132 g/mol. The van der Waals surface area contributed by atoms with Gasteiger partial charge < -0.3 is 0 Å². The molecule has 0 amide bonds. The minimum absolute atomic E-state index is 1.10. The molecule has 0 aliphatic rings. The number of nitrogens with zero attached hydrogens (tertiary/aromatic N) is 2. The second-order valence-electron chi connectivity index (χ2n) is 1.94. The summed E-state index contributed by atoms with van der Waals surface area (Å²) < 4.78 is 0. The van der Waals surface area contributed by atoms with Gasteiger partial charge in [0.1, 0.15) is 10.5 Å². The van der Waals surface area contributed by atoms with E-state index in [-0.39, 0.29) is 0 Å². The standard InChI is InChI=1S/C6H10N2S/c1-2-3-4-6-8-7-5-9-6/h5H,2-4H2,1H3. The zero-order valence-electron chi connectivity index (χ0n) is 5.50. The number of aryl methyl sites for hydroxylation is 1. The van der Waals surface area contributed by atoms with Gasteiger partial charge in [-0.25, -0.2) is 0 Å². The summed E-state index contributed by atoms with van der Waals surface area (Å²) in [5.74, 6) is 0. The SMILES string of the molecule is CCCCc1nncs1. The molecule has 0 aliphatic carbocycles. The maximum absolute atomic E-state index is 3.92. The predicted octanol–water partition coefficient (Wildman–Crippen LogP) is 1.88. The van der Waals surface area contributed by atoms with E-state index in [0.29, 0.717) is 0 Å². The number of aromatic nitrogens is 2. The van der Waals surface area contributed by atoms with E-state index in [1.807, 2.05) is 0 Å². The van der Waals surface area contributed by atoms with Crippen LogP contribution in [0.25, 0.3) is 0 Å². The van der Waals surface area contributed by atoms with E-state index in [0.717, 1.165) is 11.4 Å². The Morgan fingerprint density at radius 1 is 1.67 bits per heavy atom. The normalized spacial score (nSPS) is 9.89. The lowest BCUT2D eigenvalue weighted by molar-refractivity contribution is 0.779. The van der Waals surface area contributed by atoms with E-state index >= 15 is 0 Å². The molecule has 0 bridgehead atoms. The minimum Gasteiger partial charge on any atom is -0.147 e. The first kappa shape index (κ1) is 6.68. The summed E-state index contributed by atoms with van der Waals surface area (Å²) in [7, 11) is 0. The van der Waals surface area contributed by atoms with Crippen LogP contribution >= 0.6 is 11.3 Å². The molecule has 0 saturated carbocycles. The fraction of sp³-hybridized carbons (Fsp3) is 0.667. The fourth-order valence-corrected chi connectivity index (χ4v) is 1.21. The van der Waals surface area contributed by atoms with Gasteiger partial charge in [-0.15, -0.1) is 21.5 Å². The van der Waals surface area contributed by atoms with E-state index in [9.17, 15) is 0 Å². The van der Waals surface area contributed by atoms with Crippen molar-refractivity contribution in [3.63, 3.8) is 0 Å². The molecule has 0 aromatic carbocycles. The van der Waals surface area contributed by atoms with E-state index in [1.54, 1.807) is 16.8 Å². The van der Waals surface area contributed by atoms with Crippen molar-refractivity contribution >= 4 is 11.3 Å². The molecule has 1 aromatic rings. The molecule has 1 rings (SSSR count). The van der Waals surface area contributed by atoms with Gasteiger partial charge in [-0.2, -0.15) is 0 Å². The molecule has 1 aromatic heterocycles. The van der Waals surface area contributed by atoms with Gasteiger partial charge in [0, 0.05) is 6.42 Å². The highest BCUT2D eigenvalue weighted by Crippen LogP contribution is 2.05. The Bertz CT molecular complexity index is 148. The van der Waals surface area contributed by atoms with Gasteiger partial charge in [-0.1, -0.05) is 13.3 Å². The quantitative estimate of drug-likeness (QED) is 0.644. The fourth-order valence-electron chi connectivity index (χ4n) is 0.633. The van der Waals surface area contributed by atoms with E-state index in [4.69, 9.17) is 0 Å². The van der Waals surface area contributed by atoms with Crippen molar-refractivity contribution in [2.24, 2.45) is 0 Å². The Balaban J connectivity index is 2.30. The lowest BCUT2D eigenvalue weighted by atomic mass is 10.3. The molecule has 0 spiro atoms. The summed E-state index contributed by atoms with van der Waals surface area (Å²) in [4.78, 5) is 0. The average Bonchev–Trinajstić information content (AvgIpc) is 2.34. The molecule has 2 nitrogen and oxygen atoms in total. The first-order valence-corrected chi connectivity index (χ1v) is 4.06. The third-order valence-electron chi connectivity index (χ3n) is 1.15. The smallest absolute Gasteiger partial charge is 0.117 e. The minimum atomic E-state index is 1.10. The number of hydrogen-bond donors (Lipinski definition) is 0. The predicted molar refractivity (Wildman–Crippen MR) is 38.5 cm³/mol. The third kappa shape index (κ3) is 2.10. The molecule has 0 unspecified atom stereocenters. The zero-order valence-corrected chi connectivity index (χ0v) is 6.32. The molecule has 0 atom stereocenters. The second kappa shape index (κ2) is 3.56. The summed E-state index contributed by atoms with van der Waals surface area (Å²) in [5.41, 5.74) is 1.78. The van der Waals surface area contributed by atoms with Crippen molar-refractivity contribution in [2.75, 3.05) is 0 Å². The maximum Gasteiger partial charge on any atom is 0.117 e. The maximum atomic E-state index is 3.92. The topological polar surface area (TPSA) is 25.8 Å². The Morgan fingerprint density at radius 2 is 2.56 bits per heavy atom.